The van der Waals surface area contributed by atoms with Gasteiger partial charge >= 0.3 is 0 Å². The zero-order chi connectivity index (χ0) is 15.8. The Kier molecular flexibility index (Phi) is 3.76. The Balaban J connectivity index is 1.78. The van der Waals surface area contributed by atoms with Crippen LogP contribution in [0.2, 0.25) is 0 Å². The number of thiazole rings is 1. The maximum Gasteiger partial charge on any atom is 0.230 e. The standard InChI is InChI=1S/C16H19N5OS/c1-19-7-9-20(10-8-19)13(12-5-3-2-4-6-12)14-15(22)21-16(23-14)17-11-18-21/h2-6,11,13,22H,7-10H2,1H3. The van der Waals surface area contributed by atoms with E-state index in [9.17, 15) is 5.11 Å². The zero-order valence-corrected chi connectivity index (χ0v) is 13.8. The van der Waals surface area contributed by atoms with Crippen LogP contribution in [0.4, 0.5) is 0 Å². The van der Waals surface area contributed by atoms with E-state index in [-0.39, 0.29) is 11.9 Å². The van der Waals surface area contributed by atoms with Gasteiger partial charge in [-0.2, -0.15) is 9.61 Å². The summed E-state index contributed by atoms with van der Waals surface area (Å²) >= 11 is 1.51. The van der Waals surface area contributed by atoms with Crippen molar-refractivity contribution in [3.8, 4) is 5.88 Å². The number of fused-ring (bicyclic) bond motifs is 1. The maximum absolute atomic E-state index is 10.6. The summed E-state index contributed by atoms with van der Waals surface area (Å²) in [5.74, 6) is 0.204. The summed E-state index contributed by atoms with van der Waals surface area (Å²) in [4.78, 5) is 10.6. The van der Waals surface area contributed by atoms with E-state index < -0.39 is 0 Å². The lowest BCUT2D eigenvalue weighted by molar-refractivity contribution is 0.127. The third kappa shape index (κ3) is 2.60. The first kappa shape index (κ1) is 14.6. The van der Waals surface area contributed by atoms with Crippen molar-refractivity contribution in [1.29, 1.82) is 0 Å². The molecule has 23 heavy (non-hydrogen) atoms. The Labute approximate surface area is 138 Å². The SMILES string of the molecule is CN1CCN(C(c2ccccc2)c2sc3ncnn3c2O)CC1. The molecule has 1 N–H and O–H groups in total. The lowest BCUT2D eigenvalue weighted by Crippen LogP contribution is -2.46. The maximum atomic E-state index is 10.6. The summed E-state index contributed by atoms with van der Waals surface area (Å²) in [6.07, 6.45) is 1.47. The van der Waals surface area contributed by atoms with E-state index in [2.05, 4.69) is 39.1 Å². The summed E-state index contributed by atoms with van der Waals surface area (Å²) in [5.41, 5.74) is 1.19. The van der Waals surface area contributed by atoms with Gasteiger partial charge in [0.25, 0.3) is 0 Å². The average molecular weight is 329 g/mol. The highest BCUT2D eigenvalue weighted by Crippen LogP contribution is 2.39. The molecule has 1 aromatic carbocycles. The Morgan fingerprint density at radius 1 is 1.13 bits per heavy atom. The highest BCUT2D eigenvalue weighted by molar-refractivity contribution is 7.17. The zero-order valence-electron chi connectivity index (χ0n) is 13.0. The van der Waals surface area contributed by atoms with Crippen LogP contribution in [0, 0.1) is 0 Å². The Morgan fingerprint density at radius 2 is 1.87 bits per heavy atom. The summed E-state index contributed by atoms with van der Waals surface area (Å²) in [7, 11) is 2.15. The second-order valence-electron chi connectivity index (χ2n) is 5.90. The molecule has 3 heterocycles. The van der Waals surface area contributed by atoms with Crippen LogP contribution < -0.4 is 0 Å². The number of hydrogen-bond donors (Lipinski definition) is 1. The third-order valence-electron chi connectivity index (χ3n) is 4.41. The quantitative estimate of drug-likeness (QED) is 0.794. The van der Waals surface area contributed by atoms with E-state index in [1.807, 2.05) is 18.2 Å². The second-order valence-corrected chi connectivity index (χ2v) is 6.91. The molecule has 1 aliphatic heterocycles. The molecule has 120 valence electrons. The number of likely N-dealkylation sites (N-methyl/N-ethyl adjacent to an activating group) is 1. The third-order valence-corrected chi connectivity index (χ3v) is 5.49. The molecule has 2 aromatic heterocycles. The molecule has 6 nitrogen and oxygen atoms in total. The van der Waals surface area contributed by atoms with Crippen LogP contribution in [0.15, 0.2) is 36.7 Å². The summed E-state index contributed by atoms with van der Waals surface area (Å²) in [6.45, 7) is 4.02. The van der Waals surface area contributed by atoms with Crippen LogP contribution in [0.3, 0.4) is 0 Å². The van der Waals surface area contributed by atoms with E-state index in [1.54, 1.807) is 0 Å². The fraction of sp³-hybridized carbons (Fsp3) is 0.375. The monoisotopic (exact) mass is 329 g/mol. The Morgan fingerprint density at radius 3 is 2.57 bits per heavy atom. The summed E-state index contributed by atoms with van der Waals surface area (Å²) < 4.78 is 1.52. The number of rotatable bonds is 3. The van der Waals surface area contributed by atoms with Gasteiger partial charge < -0.3 is 10.0 Å². The van der Waals surface area contributed by atoms with E-state index in [4.69, 9.17) is 0 Å². The molecule has 0 saturated carbocycles. The molecule has 4 rings (SSSR count). The lowest BCUT2D eigenvalue weighted by atomic mass is 10.0. The van der Waals surface area contributed by atoms with Crippen LogP contribution in [0.25, 0.3) is 4.96 Å². The van der Waals surface area contributed by atoms with Gasteiger partial charge in [-0.1, -0.05) is 41.7 Å². The minimum atomic E-state index is 0.0402. The van der Waals surface area contributed by atoms with E-state index in [0.717, 1.165) is 36.0 Å². The molecule has 0 aliphatic carbocycles. The largest absolute Gasteiger partial charge is 0.492 e. The van der Waals surface area contributed by atoms with Gasteiger partial charge in [-0.3, -0.25) is 4.90 Å². The van der Waals surface area contributed by atoms with Crippen LogP contribution in [-0.2, 0) is 0 Å². The van der Waals surface area contributed by atoms with Gasteiger partial charge in [0.2, 0.25) is 10.8 Å². The number of piperazine rings is 1. The number of benzene rings is 1. The smallest absolute Gasteiger partial charge is 0.230 e. The van der Waals surface area contributed by atoms with E-state index in [1.165, 1.54) is 27.7 Å². The van der Waals surface area contributed by atoms with Crippen LogP contribution in [0.1, 0.15) is 16.5 Å². The summed E-state index contributed by atoms with van der Waals surface area (Å²) in [6, 6.07) is 10.4. The molecule has 0 spiro atoms. The van der Waals surface area contributed by atoms with Gasteiger partial charge in [0.1, 0.15) is 6.33 Å². The Bertz CT molecular complexity index is 791. The molecular weight excluding hydrogens is 310 g/mol. The fourth-order valence-electron chi connectivity index (χ4n) is 3.12. The van der Waals surface area contributed by atoms with Crippen molar-refractivity contribution in [2.75, 3.05) is 33.2 Å². The highest BCUT2D eigenvalue weighted by Gasteiger charge is 2.30. The molecule has 0 bridgehead atoms. The minimum Gasteiger partial charge on any atom is -0.492 e. The van der Waals surface area contributed by atoms with Crippen molar-refractivity contribution in [3.05, 3.63) is 47.1 Å². The molecule has 1 fully saturated rings. The van der Waals surface area contributed by atoms with Crippen molar-refractivity contribution in [2.45, 2.75) is 6.04 Å². The van der Waals surface area contributed by atoms with Gasteiger partial charge in [0, 0.05) is 26.2 Å². The van der Waals surface area contributed by atoms with E-state index >= 15 is 0 Å². The van der Waals surface area contributed by atoms with Crippen molar-refractivity contribution in [1.82, 2.24) is 24.4 Å². The molecule has 0 amide bonds. The number of nitrogens with zero attached hydrogens (tertiary/aromatic N) is 5. The van der Waals surface area contributed by atoms with Crippen LogP contribution in [0.5, 0.6) is 5.88 Å². The highest BCUT2D eigenvalue weighted by atomic mass is 32.1. The first-order chi connectivity index (χ1) is 11.2. The number of hydrogen-bond acceptors (Lipinski definition) is 6. The number of aromatic nitrogens is 3. The molecule has 0 radical (unpaired) electrons. The summed E-state index contributed by atoms with van der Waals surface area (Å²) in [5, 5.41) is 14.7. The Hall–Kier alpha value is -1.96. The van der Waals surface area contributed by atoms with Crippen molar-refractivity contribution < 1.29 is 5.11 Å². The van der Waals surface area contributed by atoms with Gasteiger partial charge in [-0.05, 0) is 12.6 Å². The average Bonchev–Trinajstić information content (AvgIpc) is 3.15. The molecular formula is C16H19N5OS. The van der Waals surface area contributed by atoms with E-state index in [0.29, 0.717) is 0 Å². The van der Waals surface area contributed by atoms with Crippen LogP contribution >= 0.6 is 11.3 Å². The molecule has 7 heteroatoms. The molecule has 1 aliphatic rings. The first-order valence-electron chi connectivity index (χ1n) is 7.73. The lowest BCUT2D eigenvalue weighted by Gasteiger charge is -2.37. The molecule has 3 aromatic rings. The van der Waals surface area contributed by atoms with Gasteiger partial charge in [0.15, 0.2) is 0 Å². The van der Waals surface area contributed by atoms with Crippen molar-refractivity contribution in [2.24, 2.45) is 0 Å². The van der Waals surface area contributed by atoms with Gasteiger partial charge in [-0.25, -0.2) is 4.98 Å². The number of aromatic hydroxyl groups is 1. The topological polar surface area (TPSA) is 56.9 Å². The first-order valence-corrected chi connectivity index (χ1v) is 8.54. The second kappa shape index (κ2) is 5.92. The molecule has 1 saturated heterocycles. The predicted molar refractivity (Wildman–Crippen MR) is 89.9 cm³/mol. The normalized spacial score (nSPS) is 18.5. The van der Waals surface area contributed by atoms with Gasteiger partial charge in [-0.15, -0.1) is 0 Å². The van der Waals surface area contributed by atoms with Crippen LogP contribution in [-0.4, -0.2) is 62.7 Å². The van der Waals surface area contributed by atoms with Crippen molar-refractivity contribution in [3.63, 3.8) is 0 Å². The molecule has 1 unspecified atom stereocenters. The molecule has 1 atom stereocenters. The fourth-order valence-corrected chi connectivity index (χ4v) is 4.21. The predicted octanol–water partition coefficient (Wildman–Crippen LogP) is 1.83. The van der Waals surface area contributed by atoms with Gasteiger partial charge in [0.05, 0.1) is 10.9 Å². The van der Waals surface area contributed by atoms with Crippen molar-refractivity contribution >= 4 is 16.3 Å². The minimum absolute atomic E-state index is 0.0402.